The molecule has 70 valence electrons. The number of hydrogen-bond donors (Lipinski definition) is 0. The van der Waals surface area contributed by atoms with Crippen molar-refractivity contribution in [2.75, 3.05) is 5.75 Å². The van der Waals surface area contributed by atoms with Crippen LogP contribution in [0.2, 0.25) is 0 Å². The molecule has 0 aliphatic carbocycles. The van der Waals surface area contributed by atoms with Crippen molar-refractivity contribution in [3.8, 4) is 0 Å². The average Bonchev–Trinajstić information content (AvgIpc) is 2.61. The minimum absolute atomic E-state index is 0.709. The SMILES string of the molecule is CC1CSc2ccc3ccccc3c21. The molecule has 0 amide bonds. The average molecular weight is 200 g/mol. The summed E-state index contributed by atoms with van der Waals surface area (Å²) >= 11 is 1.99. The van der Waals surface area contributed by atoms with Crippen LogP contribution in [0.25, 0.3) is 10.8 Å². The Morgan fingerprint density at radius 2 is 2.00 bits per heavy atom. The first kappa shape index (κ1) is 8.37. The van der Waals surface area contributed by atoms with E-state index in [4.69, 9.17) is 0 Å². The smallest absolute Gasteiger partial charge is 0.0114 e. The second-order valence-corrected chi connectivity index (χ2v) is 4.97. The van der Waals surface area contributed by atoms with Crippen LogP contribution in [-0.4, -0.2) is 5.75 Å². The third kappa shape index (κ3) is 1.09. The molecule has 1 unspecified atom stereocenters. The van der Waals surface area contributed by atoms with Gasteiger partial charge in [0.1, 0.15) is 0 Å². The molecule has 2 aromatic rings. The van der Waals surface area contributed by atoms with E-state index in [1.807, 2.05) is 11.8 Å². The van der Waals surface area contributed by atoms with Crippen LogP contribution in [0.3, 0.4) is 0 Å². The first-order valence-corrected chi connectivity index (χ1v) is 5.99. The Labute approximate surface area is 88.3 Å². The lowest BCUT2D eigenvalue weighted by atomic mass is 9.96. The molecule has 1 aliphatic heterocycles. The highest BCUT2D eigenvalue weighted by Gasteiger charge is 2.20. The number of rotatable bonds is 0. The van der Waals surface area contributed by atoms with E-state index >= 15 is 0 Å². The first-order valence-electron chi connectivity index (χ1n) is 5.01. The van der Waals surface area contributed by atoms with Crippen molar-refractivity contribution in [3.63, 3.8) is 0 Å². The quantitative estimate of drug-likeness (QED) is 0.618. The van der Waals surface area contributed by atoms with Gasteiger partial charge in [0.25, 0.3) is 0 Å². The van der Waals surface area contributed by atoms with E-state index in [1.54, 1.807) is 5.56 Å². The molecule has 3 rings (SSSR count). The fraction of sp³-hybridized carbons (Fsp3) is 0.231. The molecular weight excluding hydrogens is 188 g/mol. The number of thioether (sulfide) groups is 1. The molecule has 1 aliphatic rings. The zero-order valence-corrected chi connectivity index (χ0v) is 8.97. The van der Waals surface area contributed by atoms with Gasteiger partial charge in [0.05, 0.1) is 0 Å². The van der Waals surface area contributed by atoms with Gasteiger partial charge in [-0.1, -0.05) is 37.3 Å². The lowest BCUT2D eigenvalue weighted by Gasteiger charge is -2.07. The van der Waals surface area contributed by atoms with Crippen molar-refractivity contribution in [3.05, 3.63) is 42.0 Å². The van der Waals surface area contributed by atoms with Crippen LogP contribution >= 0.6 is 11.8 Å². The molecule has 2 aromatic carbocycles. The zero-order valence-electron chi connectivity index (χ0n) is 8.16. The predicted octanol–water partition coefficient (Wildman–Crippen LogP) is 4.05. The van der Waals surface area contributed by atoms with E-state index < -0.39 is 0 Å². The third-order valence-corrected chi connectivity index (χ3v) is 4.25. The first-order chi connectivity index (χ1) is 6.86. The molecule has 0 saturated heterocycles. The highest BCUT2D eigenvalue weighted by Crippen LogP contribution is 2.42. The molecule has 1 atom stereocenters. The van der Waals surface area contributed by atoms with Gasteiger partial charge < -0.3 is 0 Å². The van der Waals surface area contributed by atoms with Gasteiger partial charge in [-0.15, -0.1) is 11.8 Å². The normalized spacial score (nSPS) is 19.9. The van der Waals surface area contributed by atoms with Crippen molar-refractivity contribution < 1.29 is 0 Å². The summed E-state index contributed by atoms with van der Waals surface area (Å²) in [6.45, 7) is 2.32. The van der Waals surface area contributed by atoms with Gasteiger partial charge in [-0.05, 0) is 28.3 Å². The van der Waals surface area contributed by atoms with Gasteiger partial charge in [0, 0.05) is 10.6 Å². The summed E-state index contributed by atoms with van der Waals surface area (Å²) in [5.41, 5.74) is 1.56. The third-order valence-electron chi connectivity index (χ3n) is 2.91. The molecule has 0 bridgehead atoms. The summed E-state index contributed by atoms with van der Waals surface area (Å²) in [5, 5.41) is 2.82. The van der Waals surface area contributed by atoms with Crippen molar-refractivity contribution >= 4 is 22.5 Å². The lowest BCUT2D eigenvalue weighted by Crippen LogP contribution is -1.90. The summed E-state index contributed by atoms with van der Waals surface area (Å²) in [5.74, 6) is 1.95. The van der Waals surface area contributed by atoms with Crippen molar-refractivity contribution in [2.45, 2.75) is 17.7 Å². The molecule has 0 aromatic heterocycles. The molecule has 14 heavy (non-hydrogen) atoms. The molecular formula is C13H12S. The molecule has 0 N–H and O–H groups in total. The molecule has 1 heteroatoms. The number of fused-ring (bicyclic) bond motifs is 3. The number of hydrogen-bond acceptors (Lipinski definition) is 1. The summed E-state index contributed by atoms with van der Waals surface area (Å²) < 4.78 is 0. The molecule has 0 fully saturated rings. The minimum atomic E-state index is 0.709. The standard InChI is InChI=1S/C13H12S/c1-9-8-14-12-7-6-10-4-2-3-5-11(10)13(9)12/h2-7,9H,8H2,1H3. The van der Waals surface area contributed by atoms with Gasteiger partial charge in [-0.3, -0.25) is 0 Å². The Balaban J connectivity index is 2.41. The van der Waals surface area contributed by atoms with E-state index in [9.17, 15) is 0 Å². The Morgan fingerprint density at radius 3 is 2.93 bits per heavy atom. The topological polar surface area (TPSA) is 0 Å². The van der Waals surface area contributed by atoms with Crippen LogP contribution in [0.1, 0.15) is 18.4 Å². The van der Waals surface area contributed by atoms with Gasteiger partial charge in [0.15, 0.2) is 0 Å². The summed E-state index contributed by atoms with van der Waals surface area (Å²) in [7, 11) is 0. The maximum atomic E-state index is 2.32. The van der Waals surface area contributed by atoms with E-state index in [2.05, 4.69) is 43.3 Å². The molecule has 0 radical (unpaired) electrons. The Kier molecular flexibility index (Phi) is 1.81. The highest BCUT2D eigenvalue weighted by molar-refractivity contribution is 7.99. The van der Waals surface area contributed by atoms with Gasteiger partial charge in [-0.25, -0.2) is 0 Å². The van der Waals surface area contributed by atoms with Crippen molar-refractivity contribution in [2.24, 2.45) is 0 Å². The van der Waals surface area contributed by atoms with Crippen LogP contribution in [0.4, 0.5) is 0 Å². The number of benzene rings is 2. The second-order valence-electron chi connectivity index (χ2n) is 3.91. The molecule has 1 heterocycles. The van der Waals surface area contributed by atoms with E-state index in [0.717, 1.165) is 0 Å². The second kappa shape index (κ2) is 3.03. The van der Waals surface area contributed by atoms with Crippen molar-refractivity contribution in [1.82, 2.24) is 0 Å². The van der Waals surface area contributed by atoms with Crippen LogP contribution < -0.4 is 0 Å². The molecule has 0 spiro atoms. The van der Waals surface area contributed by atoms with Gasteiger partial charge in [0.2, 0.25) is 0 Å². The van der Waals surface area contributed by atoms with Crippen molar-refractivity contribution in [1.29, 1.82) is 0 Å². The fourth-order valence-corrected chi connectivity index (χ4v) is 3.44. The maximum Gasteiger partial charge on any atom is 0.0114 e. The maximum absolute atomic E-state index is 2.32. The Bertz CT molecular complexity index is 488. The molecule has 0 nitrogen and oxygen atoms in total. The van der Waals surface area contributed by atoms with Crippen LogP contribution in [0.5, 0.6) is 0 Å². The van der Waals surface area contributed by atoms with Crippen LogP contribution in [0.15, 0.2) is 41.3 Å². The summed E-state index contributed by atoms with van der Waals surface area (Å²) in [6, 6.07) is 13.2. The highest BCUT2D eigenvalue weighted by atomic mass is 32.2. The van der Waals surface area contributed by atoms with Gasteiger partial charge in [-0.2, -0.15) is 0 Å². The summed E-state index contributed by atoms with van der Waals surface area (Å²) in [6.07, 6.45) is 0. The Hall–Kier alpha value is -0.950. The van der Waals surface area contributed by atoms with Crippen LogP contribution in [-0.2, 0) is 0 Å². The Morgan fingerprint density at radius 1 is 1.14 bits per heavy atom. The minimum Gasteiger partial charge on any atom is -0.125 e. The summed E-state index contributed by atoms with van der Waals surface area (Å²) in [4.78, 5) is 1.48. The zero-order chi connectivity index (χ0) is 9.54. The van der Waals surface area contributed by atoms with Gasteiger partial charge >= 0.3 is 0 Å². The predicted molar refractivity (Wildman–Crippen MR) is 63.1 cm³/mol. The lowest BCUT2D eigenvalue weighted by molar-refractivity contribution is 0.893. The monoisotopic (exact) mass is 200 g/mol. The van der Waals surface area contributed by atoms with E-state index in [-0.39, 0.29) is 0 Å². The molecule has 0 saturated carbocycles. The fourth-order valence-electron chi connectivity index (χ4n) is 2.21. The van der Waals surface area contributed by atoms with Crippen LogP contribution in [0, 0.1) is 0 Å². The largest absolute Gasteiger partial charge is 0.125 e. The van der Waals surface area contributed by atoms with E-state index in [1.165, 1.54) is 21.4 Å². The van der Waals surface area contributed by atoms with E-state index in [0.29, 0.717) is 5.92 Å².